The average molecular weight is 234 g/mol. The Hall–Kier alpha value is -0.210. The van der Waals surface area contributed by atoms with Crippen molar-refractivity contribution in [3.63, 3.8) is 0 Å². The smallest absolute Gasteiger partial charge is 0.0490 e. The number of anilines is 1. The Balaban J connectivity index is 0.00000169. The molecule has 3 heteroatoms. The molecule has 0 fully saturated rings. The lowest BCUT2D eigenvalue weighted by molar-refractivity contribution is 0.881. The van der Waals surface area contributed by atoms with Gasteiger partial charge in [-0.05, 0) is 24.3 Å². The number of hydrogen-bond acceptors (Lipinski definition) is 2. The second kappa shape index (κ2) is 5.04. The van der Waals surface area contributed by atoms with E-state index in [4.69, 9.17) is 5.73 Å². The van der Waals surface area contributed by atoms with Crippen LogP contribution in [0.1, 0.15) is 54.8 Å². The molecule has 0 aliphatic heterocycles. The lowest BCUT2D eigenvalue weighted by atomic mass is 10.1. The molecule has 0 saturated carbocycles. The van der Waals surface area contributed by atoms with Gasteiger partial charge in [0.05, 0.1) is 0 Å². The third-order valence-corrected chi connectivity index (χ3v) is 4.22. The SMILES string of the molecule is Cc1c(C(C)C)sc(C(C)C)c1N.Cl. The molecule has 0 aliphatic rings. The van der Waals surface area contributed by atoms with Crippen molar-refractivity contribution in [2.75, 3.05) is 5.73 Å². The summed E-state index contributed by atoms with van der Waals surface area (Å²) in [6, 6.07) is 0. The van der Waals surface area contributed by atoms with Gasteiger partial charge in [0, 0.05) is 15.4 Å². The van der Waals surface area contributed by atoms with Crippen LogP contribution in [0, 0.1) is 6.92 Å². The highest BCUT2D eigenvalue weighted by Crippen LogP contribution is 2.38. The summed E-state index contributed by atoms with van der Waals surface area (Å²) in [5, 5.41) is 0. The second-order valence-electron chi connectivity index (χ2n) is 4.18. The van der Waals surface area contributed by atoms with Crippen LogP contribution < -0.4 is 5.73 Å². The van der Waals surface area contributed by atoms with Gasteiger partial charge in [-0.15, -0.1) is 23.7 Å². The molecule has 0 spiro atoms. The fourth-order valence-corrected chi connectivity index (χ4v) is 2.78. The van der Waals surface area contributed by atoms with E-state index in [0.717, 1.165) is 5.69 Å². The van der Waals surface area contributed by atoms with E-state index in [2.05, 4.69) is 34.6 Å². The van der Waals surface area contributed by atoms with Crippen LogP contribution in [0.4, 0.5) is 5.69 Å². The molecule has 1 nitrogen and oxygen atoms in total. The third kappa shape index (κ3) is 2.43. The van der Waals surface area contributed by atoms with E-state index in [1.165, 1.54) is 15.3 Å². The molecule has 0 aliphatic carbocycles. The molecule has 0 atom stereocenters. The second-order valence-corrected chi connectivity index (χ2v) is 5.26. The van der Waals surface area contributed by atoms with Gasteiger partial charge in [0.2, 0.25) is 0 Å². The predicted molar refractivity (Wildman–Crippen MR) is 68.9 cm³/mol. The summed E-state index contributed by atoms with van der Waals surface area (Å²) in [4.78, 5) is 2.79. The van der Waals surface area contributed by atoms with Gasteiger partial charge in [-0.2, -0.15) is 0 Å². The Kier molecular flexibility index (Phi) is 4.96. The Morgan fingerprint density at radius 3 is 1.64 bits per heavy atom. The molecule has 2 N–H and O–H groups in total. The minimum atomic E-state index is 0. The first-order valence-corrected chi connectivity index (χ1v) is 5.65. The minimum Gasteiger partial charge on any atom is -0.398 e. The van der Waals surface area contributed by atoms with Crippen molar-refractivity contribution >= 4 is 29.4 Å². The molecule has 1 rings (SSSR count). The lowest BCUT2D eigenvalue weighted by Gasteiger charge is -2.01. The zero-order chi connectivity index (χ0) is 10.2. The maximum Gasteiger partial charge on any atom is 0.0490 e. The zero-order valence-corrected chi connectivity index (χ0v) is 11.2. The van der Waals surface area contributed by atoms with Crippen LogP contribution in [-0.4, -0.2) is 0 Å². The summed E-state index contributed by atoms with van der Waals surface area (Å²) in [7, 11) is 0. The summed E-state index contributed by atoms with van der Waals surface area (Å²) in [6.07, 6.45) is 0. The Morgan fingerprint density at radius 2 is 1.43 bits per heavy atom. The fraction of sp³-hybridized carbons (Fsp3) is 0.636. The summed E-state index contributed by atoms with van der Waals surface area (Å²) in [5.41, 5.74) is 8.36. The highest BCUT2D eigenvalue weighted by Gasteiger charge is 2.16. The topological polar surface area (TPSA) is 26.0 Å². The van der Waals surface area contributed by atoms with Gasteiger partial charge in [-0.3, -0.25) is 0 Å². The summed E-state index contributed by atoms with van der Waals surface area (Å²) >= 11 is 1.88. The lowest BCUT2D eigenvalue weighted by Crippen LogP contribution is -1.93. The maximum absolute atomic E-state index is 6.05. The molecule has 0 unspecified atom stereocenters. The molecule has 0 saturated heterocycles. The highest BCUT2D eigenvalue weighted by atomic mass is 35.5. The Labute approximate surface area is 97.1 Å². The molecule has 0 radical (unpaired) electrons. The van der Waals surface area contributed by atoms with Crippen LogP contribution >= 0.6 is 23.7 Å². The molecular formula is C11H20ClNS. The number of rotatable bonds is 2. The third-order valence-electron chi connectivity index (χ3n) is 2.31. The van der Waals surface area contributed by atoms with E-state index in [1.807, 2.05) is 11.3 Å². The van der Waals surface area contributed by atoms with Crippen molar-refractivity contribution < 1.29 is 0 Å². The van der Waals surface area contributed by atoms with E-state index in [1.54, 1.807) is 0 Å². The van der Waals surface area contributed by atoms with Gasteiger partial charge < -0.3 is 5.73 Å². The zero-order valence-electron chi connectivity index (χ0n) is 9.55. The van der Waals surface area contributed by atoms with E-state index >= 15 is 0 Å². The molecule has 0 bridgehead atoms. The van der Waals surface area contributed by atoms with Crippen molar-refractivity contribution in [1.29, 1.82) is 0 Å². The van der Waals surface area contributed by atoms with E-state index < -0.39 is 0 Å². The first-order chi connectivity index (χ1) is 5.95. The van der Waals surface area contributed by atoms with Gasteiger partial charge in [0.25, 0.3) is 0 Å². The minimum absolute atomic E-state index is 0. The van der Waals surface area contributed by atoms with Gasteiger partial charge >= 0.3 is 0 Å². The van der Waals surface area contributed by atoms with Crippen molar-refractivity contribution in [3.8, 4) is 0 Å². The van der Waals surface area contributed by atoms with Crippen LogP contribution in [0.15, 0.2) is 0 Å². The van der Waals surface area contributed by atoms with Crippen LogP contribution in [0.2, 0.25) is 0 Å². The molecule has 1 aromatic heterocycles. The Bertz CT molecular complexity index is 274. The fourth-order valence-electron chi connectivity index (χ4n) is 1.55. The number of halogens is 1. The van der Waals surface area contributed by atoms with Crippen LogP contribution in [0.5, 0.6) is 0 Å². The average Bonchev–Trinajstić information content (AvgIpc) is 2.29. The van der Waals surface area contributed by atoms with Crippen LogP contribution in [-0.2, 0) is 0 Å². The van der Waals surface area contributed by atoms with Gasteiger partial charge in [0.1, 0.15) is 0 Å². The summed E-state index contributed by atoms with van der Waals surface area (Å²) in [6.45, 7) is 11.0. The van der Waals surface area contributed by atoms with E-state index in [9.17, 15) is 0 Å². The number of nitrogens with two attached hydrogens (primary N) is 1. The van der Waals surface area contributed by atoms with Crippen LogP contribution in [0.25, 0.3) is 0 Å². The van der Waals surface area contributed by atoms with Crippen molar-refractivity contribution in [2.45, 2.75) is 46.5 Å². The number of thiophene rings is 1. The standard InChI is InChI=1S/C11H19NS.ClH/c1-6(2)10-8(5)9(12)11(13-10)7(3)4;/h6-7H,12H2,1-5H3;1H. The first-order valence-electron chi connectivity index (χ1n) is 4.83. The Morgan fingerprint density at radius 1 is 1.00 bits per heavy atom. The van der Waals surface area contributed by atoms with Gasteiger partial charge in [0.15, 0.2) is 0 Å². The largest absolute Gasteiger partial charge is 0.398 e. The van der Waals surface area contributed by atoms with Crippen molar-refractivity contribution in [3.05, 3.63) is 15.3 Å². The quantitative estimate of drug-likeness (QED) is 0.810. The first kappa shape index (κ1) is 13.8. The molecule has 0 aromatic carbocycles. The molecular weight excluding hydrogens is 214 g/mol. The normalized spacial score (nSPS) is 10.8. The molecule has 1 heterocycles. The van der Waals surface area contributed by atoms with Crippen LogP contribution in [0.3, 0.4) is 0 Å². The monoisotopic (exact) mass is 233 g/mol. The number of nitrogen functional groups attached to an aromatic ring is 1. The number of hydrogen-bond donors (Lipinski definition) is 1. The molecule has 0 amide bonds. The summed E-state index contributed by atoms with van der Waals surface area (Å²) < 4.78 is 0. The van der Waals surface area contributed by atoms with Gasteiger partial charge in [-0.25, -0.2) is 0 Å². The predicted octanol–water partition coefficient (Wildman–Crippen LogP) is 4.31. The highest BCUT2D eigenvalue weighted by molar-refractivity contribution is 7.13. The maximum atomic E-state index is 6.05. The molecule has 82 valence electrons. The summed E-state index contributed by atoms with van der Waals surface area (Å²) in [5.74, 6) is 1.15. The molecule has 14 heavy (non-hydrogen) atoms. The molecule has 1 aromatic rings. The van der Waals surface area contributed by atoms with E-state index in [0.29, 0.717) is 11.8 Å². The van der Waals surface area contributed by atoms with E-state index in [-0.39, 0.29) is 12.4 Å². The van der Waals surface area contributed by atoms with Crippen molar-refractivity contribution in [1.82, 2.24) is 0 Å². The van der Waals surface area contributed by atoms with Crippen molar-refractivity contribution in [2.24, 2.45) is 0 Å². The van der Waals surface area contributed by atoms with Gasteiger partial charge in [-0.1, -0.05) is 27.7 Å².